The van der Waals surface area contributed by atoms with E-state index in [2.05, 4.69) is 36.5 Å². The first-order valence-corrected chi connectivity index (χ1v) is 11.1. The molecular formula is C27H28N2O7. The smallest absolute Gasteiger partial charge is 0.339 e. The van der Waals surface area contributed by atoms with Crippen LogP contribution in [-0.2, 0) is 6.61 Å². The van der Waals surface area contributed by atoms with E-state index in [-0.39, 0.29) is 11.1 Å². The lowest BCUT2D eigenvalue weighted by Crippen LogP contribution is -2.18. The van der Waals surface area contributed by atoms with Gasteiger partial charge in [0.2, 0.25) is 5.75 Å². The number of nitrogens with one attached hydrogen (secondary N) is 1. The zero-order valence-corrected chi connectivity index (χ0v) is 20.4. The quantitative estimate of drug-likeness (QED) is 0.279. The van der Waals surface area contributed by atoms with Crippen molar-refractivity contribution in [1.82, 2.24) is 5.43 Å². The van der Waals surface area contributed by atoms with Gasteiger partial charge in [0.25, 0.3) is 5.91 Å². The highest BCUT2D eigenvalue weighted by Crippen LogP contribution is 2.38. The van der Waals surface area contributed by atoms with Gasteiger partial charge in [-0.25, -0.2) is 10.2 Å². The van der Waals surface area contributed by atoms with Crippen LogP contribution in [-0.4, -0.2) is 42.5 Å². The Kier molecular flexibility index (Phi) is 8.51. The van der Waals surface area contributed by atoms with Crippen LogP contribution in [0.2, 0.25) is 0 Å². The fourth-order valence-electron chi connectivity index (χ4n) is 3.35. The highest BCUT2D eigenvalue weighted by molar-refractivity contribution is 5.99. The maximum absolute atomic E-state index is 12.3. The predicted octanol–water partition coefficient (Wildman–Crippen LogP) is 4.57. The molecule has 0 fully saturated rings. The number of hydrogen-bond acceptors (Lipinski definition) is 7. The number of nitrogens with zero attached hydrogens (tertiary/aromatic N) is 1. The average Bonchev–Trinajstić information content (AvgIpc) is 2.87. The zero-order valence-electron chi connectivity index (χ0n) is 20.4. The van der Waals surface area contributed by atoms with Crippen LogP contribution < -0.4 is 19.6 Å². The van der Waals surface area contributed by atoms with E-state index >= 15 is 0 Å². The number of carboxylic acid groups (broad SMARTS) is 1. The summed E-state index contributed by atoms with van der Waals surface area (Å²) < 4.78 is 17.0. The number of hydrogen-bond donors (Lipinski definition) is 3. The van der Waals surface area contributed by atoms with Crippen LogP contribution in [0.4, 0.5) is 0 Å². The van der Waals surface area contributed by atoms with Crippen molar-refractivity contribution in [2.45, 2.75) is 26.4 Å². The number of phenols is 1. The standard InChI is InChI=1S/C27H28N2O7/c1-16(2)19-7-5-17(6-8-19)15-36-25-23(34-3)11-18(12-24(25)35-4)14-28-29-26(31)20-9-10-22(30)21(13-20)27(32)33/h5-14,16,30H,15H2,1-4H3,(H,29,31)(H,32,33)/b28-14+. The van der Waals surface area contributed by atoms with Crippen molar-refractivity contribution >= 4 is 18.1 Å². The summed E-state index contributed by atoms with van der Waals surface area (Å²) in [5, 5.41) is 22.6. The molecule has 9 nitrogen and oxygen atoms in total. The second-order valence-corrected chi connectivity index (χ2v) is 8.18. The molecule has 0 bridgehead atoms. The molecule has 0 atom stereocenters. The third-order valence-corrected chi connectivity index (χ3v) is 5.38. The Bertz CT molecular complexity index is 1240. The van der Waals surface area contributed by atoms with Gasteiger partial charge in [0, 0.05) is 11.1 Å². The van der Waals surface area contributed by atoms with Crippen molar-refractivity contribution in [3.63, 3.8) is 0 Å². The third-order valence-electron chi connectivity index (χ3n) is 5.38. The number of amides is 1. The van der Waals surface area contributed by atoms with E-state index in [0.29, 0.717) is 35.3 Å². The van der Waals surface area contributed by atoms with Crippen LogP contribution >= 0.6 is 0 Å². The van der Waals surface area contributed by atoms with Crippen molar-refractivity contribution < 1.29 is 34.0 Å². The van der Waals surface area contributed by atoms with Gasteiger partial charge in [-0.3, -0.25) is 4.79 Å². The first-order chi connectivity index (χ1) is 17.2. The Morgan fingerprint density at radius 2 is 1.64 bits per heavy atom. The van der Waals surface area contributed by atoms with Crippen LogP contribution in [0.25, 0.3) is 0 Å². The first kappa shape index (κ1) is 26.1. The molecule has 0 aromatic heterocycles. The van der Waals surface area contributed by atoms with Gasteiger partial charge >= 0.3 is 5.97 Å². The van der Waals surface area contributed by atoms with E-state index in [4.69, 9.17) is 19.3 Å². The lowest BCUT2D eigenvalue weighted by molar-refractivity contribution is 0.0693. The van der Waals surface area contributed by atoms with Crippen molar-refractivity contribution in [2.24, 2.45) is 5.10 Å². The Hall–Kier alpha value is -4.53. The molecule has 0 saturated carbocycles. The number of ether oxygens (including phenoxy) is 3. The van der Waals surface area contributed by atoms with Gasteiger partial charge in [-0.2, -0.15) is 5.10 Å². The van der Waals surface area contributed by atoms with E-state index in [1.165, 1.54) is 32.1 Å². The van der Waals surface area contributed by atoms with E-state index < -0.39 is 17.6 Å². The molecule has 0 aliphatic rings. The molecule has 3 aromatic rings. The van der Waals surface area contributed by atoms with Crippen LogP contribution in [0.3, 0.4) is 0 Å². The monoisotopic (exact) mass is 492 g/mol. The molecule has 0 aliphatic heterocycles. The van der Waals surface area contributed by atoms with Gasteiger partial charge in [0.05, 0.1) is 20.4 Å². The van der Waals surface area contributed by atoms with Crippen molar-refractivity contribution in [3.8, 4) is 23.0 Å². The summed E-state index contributed by atoms with van der Waals surface area (Å²) in [7, 11) is 3.01. The van der Waals surface area contributed by atoms with Gasteiger partial charge in [-0.15, -0.1) is 0 Å². The van der Waals surface area contributed by atoms with Crippen molar-refractivity contribution in [2.75, 3.05) is 14.2 Å². The van der Waals surface area contributed by atoms with Gasteiger partial charge in [0.15, 0.2) is 11.5 Å². The van der Waals surface area contributed by atoms with E-state index in [1.54, 1.807) is 12.1 Å². The summed E-state index contributed by atoms with van der Waals surface area (Å²) in [5.74, 6) is -0.703. The number of hydrazone groups is 1. The molecule has 1 amide bonds. The number of carboxylic acids is 1. The topological polar surface area (TPSA) is 127 Å². The summed E-state index contributed by atoms with van der Waals surface area (Å²) in [5.41, 5.74) is 4.78. The van der Waals surface area contributed by atoms with Gasteiger partial charge in [0.1, 0.15) is 17.9 Å². The van der Waals surface area contributed by atoms with Crippen LogP contribution in [0.5, 0.6) is 23.0 Å². The highest BCUT2D eigenvalue weighted by atomic mass is 16.5. The number of methoxy groups -OCH3 is 2. The number of aromatic carboxylic acids is 1. The van der Waals surface area contributed by atoms with E-state index in [9.17, 15) is 14.7 Å². The highest BCUT2D eigenvalue weighted by Gasteiger charge is 2.16. The summed E-state index contributed by atoms with van der Waals surface area (Å²) in [6.45, 7) is 4.60. The average molecular weight is 493 g/mol. The number of rotatable bonds is 10. The number of benzene rings is 3. The molecule has 188 valence electrons. The Morgan fingerprint density at radius 3 is 2.19 bits per heavy atom. The summed E-state index contributed by atoms with van der Waals surface area (Å²) in [6, 6.07) is 15.0. The lowest BCUT2D eigenvalue weighted by atomic mass is 10.0. The second kappa shape index (κ2) is 11.7. The Balaban J connectivity index is 1.73. The second-order valence-electron chi connectivity index (χ2n) is 8.18. The molecule has 3 rings (SSSR count). The minimum Gasteiger partial charge on any atom is -0.507 e. The van der Waals surface area contributed by atoms with E-state index in [1.807, 2.05) is 12.1 Å². The van der Waals surface area contributed by atoms with Gasteiger partial charge in [-0.05, 0) is 47.4 Å². The molecule has 0 spiro atoms. The molecule has 0 saturated heterocycles. The molecule has 0 heterocycles. The molecule has 0 radical (unpaired) electrons. The first-order valence-electron chi connectivity index (χ1n) is 11.1. The fourth-order valence-corrected chi connectivity index (χ4v) is 3.35. The van der Waals surface area contributed by atoms with Gasteiger partial charge < -0.3 is 24.4 Å². The normalized spacial score (nSPS) is 10.9. The van der Waals surface area contributed by atoms with Gasteiger partial charge in [-0.1, -0.05) is 38.1 Å². The SMILES string of the molecule is COc1cc(/C=N/NC(=O)c2ccc(O)c(C(=O)O)c2)cc(OC)c1OCc1ccc(C(C)C)cc1. The molecule has 3 aromatic carbocycles. The predicted molar refractivity (Wildman–Crippen MR) is 135 cm³/mol. The van der Waals surface area contributed by atoms with Crippen LogP contribution in [0.15, 0.2) is 59.7 Å². The maximum Gasteiger partial charge on any atom is 0.339 e. The van der Waals surface area contributed by atoms with Crippen LogP contribution in [0.1, 0.15) is 57.2 Å². The minimum absolute atomic E-state index is 0.0303. The molecule has 0 aliphatic carbocycles. The number of aromatic hydroxyl groups is 1. The maximum atomic E-state index is 12.3. The van der Waals surface area contributed by atoms with Crippen molar-refractivity contribution in [3.05, 3.63) is 82.4 Å². The molecule has 3 N–H and O–H groups in total. The lowest BCUT2D eigenvalue weighted by Gasteiger charge is -2.15. The largest absolute Gasteiger partial charge is 0.507 e. The summed E-state index contributed by atoms with van der Waals surface area (Å²) in [4.78, 5) is 23.5. The van der Waals surface area contributed by atoms with E-state index in [0.717, 1.165) is 17.7 Å². The van der Waals surface area contributed by atoms with Crippen LogP contribution in [0, 0.1) is 0 Å². The molecule has 0 unspecified atom stereocenters. The molecular weight excluding hydrogens is 464 g/mol. The third kappa shape index (κ3) is 6.32. The number of carbonyl (C=O) groups excluding carboxylic acids is 1. The fraction of sp³-hybridized carbons (Fsp3) is 0.222. The van der Waals surface area contributed by atoms with Crippen molar-refractivity contribution in [1.29, 1.82) is 0 Å². The zero-order chi connectivity index (χ0) is 26.2. The molecule has 36 heavy (non-hydrogen) atoms. The molecule has 9 heteroatoms. The summed E-state index contributed by atoms with van der Waals surface area (Å²) in [6.07, 6.45) is 1.38. The minimum atomic E-state index is -1.35. The number of carbonyl (C=O) groups is 2. The Morgan fingerprint density at radius 1 is 1.00 bits per heavy atom. The Labute approximate surface area is 208 Å². The summed E-state index contributed by atoms with van der Waals surface area (Å²) >= 11 is 0.